The molecule has 3 nitrogen and oxygen atoms in total. The molecule has 0 spiro atoms. The number of hydrogen-bond acceptors (Lipinski definition) is 3. The molecule has 4 heteroatoms. The number of rotatable bonds is 2. The van der Waals surface area contributed by atoms with Crippen LogP contribution in [0.25, 0.3) is 0 Å². The molecule has 2 fully saturated rings. The highest BCUT2D eigenvalue weighted by molar-refractivity contribution is 6.66. The van der Waals surface area contributed by atoms with Crippen LogP contribution in [0.2, 0.25) is 0 Å². The molecule has 0 N–H and O–H groups in total. The van der Waals surface area contributed by atoms with Gasteiger partial charge in [-0.1, -0.05) is 0 Å². The van der Waals surface area contributed by atoms with Crippen LogP contribution in [0.5, 0.6) is 0 Å². The molecule has 0 atom stereocenters. The highest BCUT2D eigenvalue weighted by Crippen LogP contribution is 2.43. The fourth-order valence-corrected chi connectivity index (χ4v) is 2.30. The molecule has 2 aliphatic rings. The Bertz CT molecular complexity index is 220. The highest BCUT2D eigenvalue weighted by Gasteiger charge is 2.53. The number of likely N-dealkylation sites (N-methyl/N-ethyl adjacent to an activating group) is 1. The van der Waals surface area contributed by atoms with Crippen LogP contribution in [0.4, 0.5) is 0 Å². The van der Waals surface area contributed by atoms with E-state index in [0.717, 1.165) is 39.0 Å². The summed E-state index contributed by atoms with van der Waals surface area (Å²) in [6, 6.07) is 0. The van der Waals surface area contributed by atoms with Gasteiger partial charge in [-0.2, -0.15) is 0 Å². The summed E-state index contributed by atoms with van der Waals surface area (Å²) in [5, 5.41) is -0.156. The van der Waals surface area contributed by atoms with Crippen LogP contribution in [0.15, 0.2) is 0 Å². The predicted octanol–water partition coefficient (Wildman–Crippen LogP) is 0.532. The van der Waals surface area contributed by atoms with Crippen LogP contribution in [0, 0.1) is 0 Å². The van der Waals surface area contributed by atoms with E-state index in [0.29, 0.717) is 0 Å². The number of nitrogens with zero attached hydrogens (tertiary/aromatic N) is 2. The lowest BCUT2D eigenvalue weighted by atomic mass is 10.2. The minimum atomic E-state index is -0.261. The summed E-state index contributed by atoms with van der Waals surface area (Å²) in [4.78, 5) is 15.8. The average molecular weight is 203 g/mol. The number of hydrogen-bond donors (Lipinski definition) is 0. The van der Waals surface area contributed by atoms with E-state index in [1.54, 1.807) is 0 Å². The first-order chi connectivity index (χ1) is 6.15. The molecular weight excluding hydrogens is 188 g/mol. The Kier molecular flexibility index (Phi) is 2.34. The van der Waals surface area contributed by atoms with E-state index in [2.05, 4.69) is 16.8 Å². The zero-order valence-corrected chi connectivity index (χ0v) is 8.68. The number of halogens is 1. The van der Waals surface area contributed by atoms with Crippen molar-refractivity contribution in [3.05, 3.63) is 0 Å². The third-order valence-electron chi connectivity index (χ3n) is 3.20. The van der Waals surface area contributed by atoms with E-state index in [4.69, 9.17) is 11.6 Å². The molecule has 1 aliphatic heterocycles. The quantitative estimate of drug-likeness (QED) is 0.611. The fraction of sp³-hybridized carbons (Fsp3) is 0.889. The Morgan fingerprint density at radius 3 is 2.15 bits per heavy atom. The van der Waals surface area contributed by atoms with E-state index in [-0.39, 0.29) is 10.8 Å². The zero-order chi connectivity index (χ0) is 9.47. The topological polar surface area (TPSA) is 23.6 Å². The summed E-state index contributed by atoms with van der Waals surface area (Å²) >= 11 is 5.61. The van der Waals surface area contributed by atoms with Crippen LogP contribution in [0.3, 0.4) is 0 Å². The summed E-state index contributed by atoms with van der Waals surface area (Å²) in [5.41, 5.74) is -0.261. The largest absolute Gasteiger partial charge is 0.304 e. The molecule has 1 saturated heterocycles. The van der Waals surface area contributed by atoms with Gasteiger partial charge in [0.2, 0.25) is 5.24 Å². The second kappa shape index (κ2) is 3.23. The molecule has 13 heavy (non-hydrogen) atoms. The Morgan fingerprint density at radius 2 is 1.77 bits per heavy atom. The minimum absolute atomic E-state index is 0.156. The molecule has 0 bridgehead atoms. The van der Waals surface area contributed by atoms with Crippen molar-refractivity contribution in [2.45, 2.75) is 18.4 Å². The molecule has 1 heterocycles. The van der Waals surface area contributed by atoms with Gasteiger partial charge in [0, 0.05) is 26.2 Å². The molecule has 74 valence electrons. The zero-order valence-electron chi connectivity index (χ0n) is 7.92. The molecule has 0 radical (unpaired) electrons. The number of carbonyl (C=O) groups excluding carboxylic acids is 1. The van der Waals surface area contributed by atoms with Gasteiger partial charge in [0.25, 0.3) is 0 Å². The van der Waals surface area contributed by atoms with Crippen LogP contribution >= 0.6 is 11.6 Å². The Labute approximate surface area is 83.6 Å². The SMILES string of the molecule is CN1CCN(C2(C(=O)Cl)CC2)CC1. The molecule has 0 aromatic rings. The summed E-state index contributed by atoms with van der Waals surface area (Å²) in [7, 11) is 2.11. The van der Waals surface area contributed by atoms with Crippen molar-refractivity contribution in [1.82, 2.24) is 9.80 Å². The van der Waals surface area contributed by atoms with Crippen LogP contribution in [-0.4, -0.2) is 53.8 Å². The van der Waals surface area contributed by atoms with Crippen LogP contribution in [-0.2, 0) is 4.79 Å². The summed E-state index contributed by atoms with van der Waals surface area (Å²) in [6.45, 7) is 4.06. The fourth-order valence-electron chi connectivity index (χ4n) is 1.99. The maximum atomic E-state index is 11.2. The third-order valence-corrected chi connectivity index (χ3v) is 3.55. The normalized spacial score (nSPS) is 28.8. The van der Waals surface area contributed by atoms with Crippen molar-refractivity contribution in [1.29, 1.82) is 0 Å². The Morgan fingerprint density at radius 1 is 1.23 bits per heavy atom. The van der Waals surface area contributed by atoms with E-state index in [1.165, 1.54) is 0 Å². The highest BCUT2D eigenvalue weighted by atomic mass is 35.5. The monoisotopic (exact) mass is 202 g/mol. The van der Waals surface area contributed by atoms with Gasteiger partial charge in [-0.15, -0.1) is 0 Å². The standard InChI is InChI=1S/C9H15ClN2O/c1-11-4-6-12(7-5-11)9(2-3-9)8(10)13/h2-7H2,1H3. The van der Waals surface area contributed by atoms with Crippen molar-refractivity contribution in [3.63, 3.8) is 0 Å². The van der Waals surface area contributed by atoms with Gasteiger partial charge >= 0.3 is 0 Å². The van der Waals surface area contributed by atoms with Crippen molar-refractivity contribution in [2.24, 2.45) is 0 Å². The van der Waals surface area contributed by atoms with Crippen molar-refractivity contribution >= 4 is 16.8 Å². The second-order valence-electron chi connectivity index (χ2n) is 4.10. The van der Waals surface area contributed by atoms with Crippen LogP contribution < -0.4 is 0 Å². The van der Waals surface area contributed by atoms with E-state index in [1.807, 2.05) is 0 Å². The first-order valence-corrected chi connectivity index (χ1v) is 5.16. The molecule has 0 aromatic carbocycles. The summed E-state index contributed by atoms with van der Waals surface area (Å²) in [6.07, 6.45) is 1.91. The second-order valence-corrected chi connectivity index (χ2v) is 4.44. The first-order valence-electron chi connectivity index (χ1n) is 4.79. The molecule has 0 aromatic heterocycles. The van der Waals surface area contributed by atoms with Crippen molar-refractivity contribution in [3.8, 4) is 0 Å². The van der Waals surface area contributed by atoms with Gasteiger partial charge in [0.15, 0.2) is 0 Å². The molecule has 1 aliphatic carbocycles. The average Bonchev–Trinajstić information content (AvgIpc) is 2.86. The van der Waals surface area contributed by atoms with Crippen molar-refractivity contribution < 1.29 is 4.79 Å². The molecular formula is C9H15ClN2O. The maximum absolute atomic E-state index is 11.2. The van der Waals surface area contributed by atoms with Gasteiger partial charge in [-0.05, 0) is 31.5 Å². The van der Waals surface area contributed by atoms with Crippen LogP contribution in [0.1, 0.15) is 12.8 Å². The minimum Gasteiger partial charge on any atom is -0.304 e. The lowest BCUT2D eigenvalue weighted by Crippen LogP contribution is -2.52. The van der Waals surface area contributed by atoms with E-state index >= 15 is 0 Å². The Balaban J connectivity index is 1.98. The summed E-state index contributed by atoms with van der Waals surface area (Å²) in [5.74, 6) is 0. The van der Waals surface area contributed by atoms with Gasteiger partial charge in [-0.25, -0.2) is 0 Å². The van der Waals surface area contributed by atoms with E-state index < -0.39 is 0 Å². The predicted molar refractivity (Wildman–Crippen MR) is 51.9 cm³/mol. The summed E-state index contributed by atoms with van der Waals surface area (Å²) < 4.78 is 0. The van der Waals surface area contributed by atoms with Crippen molar-refractivity contribution in [2.75, 3.05) is 33.2 Å². The number of piperazine rings is 1. The van der Waals surface area contributed by atoms with Gasteiger partial charge < -0.3 is 4.90 Å². The van der Waals surface area contributed by atoms with Gasteiger partial charge in [0.1, 0.15) is 0 Å². The third kappa shape index (κ3) is 1.60. The van der Waals surface area contributed by atoms with Gasteiger partial charge in [-0.3, -0.25) is 9.69 Å². The smallest absolute Gasteiger partial charge is 0.241 e. The lowest BCUT2D eigenvalue weighted by molar-refractivity contribution is -0.118. The number of carbonyl (C=O) groups is 1. The molecule has 0 amide bonds. The lowest BCUT2D eigenvalue weighted by Gasteiger charge is -2.36. The van der Waals surface area contributed by atoms with Gasteiger partial charge in [0.05, 0.1) is 5.54 Å². The Hall–Kier alpha value is -0.120. The molecule has 0 unspecified atom stereocenters. The molecule has 1 saturated carbocycles. The van der Waals surface area contributed by atoms with E-state index in [9.17, 15) is 4.79 Å². The maximum Gasteiger partial charge on any atom is 0.241 e. The molecule has 2 rings (SSSR count). The first kappa shape index (κ1) is 9.44.